The van der Waals surface area contributed by atoms with E-state index in [0.29, 0.717) is 24.0 Å². The lowest BCUT2D eigenvalue weighted by Crippen LogP contribution is -2.27. The Balaban J connectivity index is 1.63. The van der Waals surface area contributed by atoms with Crippen LogP contribution in [0.1, 0.15) is 19.3 Å². The second-order valence-electron chi connectivity index (χ2n) is 3.59. The van der Waals surface area contributed by atoms with Gasteiger partial charge in [-0.1, -0.05) is 11.3 Å². The van der Waals surface area contributed by atoms with Crippen LogP contribution in [0.15, 0.2) is 6.20 Å². The Morgan fingerprint density at radius 2 is 2.47 bits per heavy atom. The maximum atomic E-state index is 11.3. The second kappa shape index (κ2) is 4.48. The van der Waals surface area contributed by atoms with Crippen molar-refractivity contribution in [3.05, 3.63) is 6.20 Å². The van der Waals surface area contributed by atoms with E-state index in [1.807, 2.05) is 0 Å². The van der Waals surface area contributed by atoms with Gasteiger partial charge in [-0.25, -0.2) is 4.98 Å². The predicted octanol–water partition coefficient (Wildman–Crippen LogP) is 0.806. The summed E-state index contributed by atoms with van der Waals surface area (Å²) in [7, 11) is 0. The molecule has 6 heteroatoms. The highest BCUT2D eigenvalue weighted by molar-refractivity contribution is 7.19. The number of nitrogens with one attached hydrogen (secondary N) is 2. The van der Waals surface area contributed by atoms with Gasteiger partial charge in [0, 0.05) is 19.0 Å². The molecule has 0 atom stereocenters. The van der Waals surface area contributed by atoms with Crippen molar-refractivity contribution in [2.45, 2.75) is 25.3 Å². The van der Waals surface area contributed by atoms with Gasteiger partial charge in [0.15, 0.2) is 5.13 Å². The van der Waals surface area contributed by atoms with Crippen LogP contribution in [0.3, 0.4) is 0 Å². The van der Waals surface area contributed by atoms with Gasteiger partial charge < -0.3 is 16.4 Å². The van der Waals surface area contributed by atoms with E-state index in [0.717, 1.165) is 18.0 Å². The SMILES string of the molecule is Nc1cnc(NCCC(=O)NC2CC2)s1. The van der Waals surface area contributed by atoms with Gasteiger partial charge in [0.25, 0.3) is 0 Å². The number of nitrogen functional groups attached to an aromatic ring is 1. The smallest absolute Gasteiger partial charge is 0.221 e. The molecule has 1 aliphatic rings. The molecule has 1 aliphatic carbocycles. The van der Waals surface area contributed by atoms with Crippen molar-refractivity contribution in [1.82, 2.24) is 10.3 Å². The predicted molar refractivity (Wildman–Crippen MR) is 60.8 cm³/mol. The molecule has 2 rings (SSSR count). The number of anilines is 2. The highest BCUT2D eigenvalue weighted by Gasteiger charge is 2.22. The van der Waals surface area contributed by atoms with Gasteiger partial charge in [0.2, 0.25) is 5.91 Å². The van der Waals surface area contributed by atoms with E-state index in [2.05, 4.69) is 15.6 Å². The van der Waals surface area contributed by atoms with Gasteiger partial charge in [0.1, 0.15) is 5.00 Å². The summed E-state index contributed by atoms with van der Waals surface area (Å²) in [6.45, 7) is 0.603. The third-order valence-electron chi connectivity index (χ3n) is 2.09. The third kappa shape index (κ3) is 3.39. The van der Waals surface area contributed by atoms with Gasteiger partial charge in [-0.2, -0.15) is 0 Å². The van der Waals surface area contributed by atoms with Gasteiger partial charge in [0.05, 0.1) is 6.20 Å². The van der Waals surface area contributed by atoms with Crippen molar-refractivity contribution < 1.29 is 4.79 Å². The molecule has 1 saturated carbocycles. The molecule has 5 nitrogen and oxygen atoms in total. The van der Waals surface area contributed by atoms with E-state index in [1.54, 1.807) is 6.20 Å². The molecule has 0 aliphatic heterocycles. The number of hydrogen-bond acceptors (Lipinski definition) is 5. The molecule has 1 aromatic heterocycles. The number of carbonyl (C=O) groups is 1. The second-order valence-corrected chi connectivity index (χ2v) is 4.65. The zero-order chi connectivity index (χ0) is 10.7. The fourth-order valence-electron chi connectivity index (χ4n) is 1.18. The first-order valence-electron chi connectivity index (χ1n) is 4.98. The van der Waals surface area contributed by atoms with Gasteiger partial charge in [-0.3, -0.25) is 4.79 Å². The van der Waals surface area contributed by atoms with Crippen LogP contribution in [-0.2, 0) is 4.79 Å². The Hall–Kier alpha value is -1.30. The molecular formula is C9H14N4OS. The molecule has 1 aromatic rings. The summed E-state index contributed by atoms with van der Waals surface area (Å²) < 4.78 is 0. The van der Waals surface area contributed by atoms with Crippen LogP contribution in [0.2, 0.25) is 0 Å². The molecule has 0 unspecified atom stereocenters. The highest BCUT2D eigenvalue weighted by Crippen LogP contribution is 2.20. The summed E-state index contributed by atoms with van der Waals surface area (Å²) in [6, 6.07) is 0.438. The lowest BCUT2D eigenvalue weighted by molar-refractivity contribution is -0.120. The zero-order valence-electron chi connectivity index (χ0n) is 8.32. The van der Waals surface area contributed by atoms with Crippen LogP contribution in [0.25, 0.3) is 0 Å². The molecule has 1 heterocycles. The third-order valence-corrected chi connectivity index (χ3v) is 2.88. The molecule has 1 fully saturated rings. The molecule has 15 heavy (non-hydrogen) atoms. The van der Waals surface area contributed by atoms with E-state index in [4.69, 9.17) is 5.73 Å². The van der Waals surface area contributed by atoms with Crippen LogP contribution < -0.4 is 16.4 Å². The largest absolute Gasteiger partial charge is 0.389 e. The fraction of sp³-hybridized carbons (Fsp3) is 0.556. The van der Waals surface area contributed by atoms with Crippen molar-refractivity contribution in [3.8, 4) is 0 Å². The average molecular weight is 226 g/mol. The first-order valence-corrected chi connectivity index (χ1v) is 5.80. The summed E-state index contributed by atoms with van der Waals surface area (Å²) >= 11 is 1.39. The van der Waals surface area contributed by atoms with Crippen molar-refractivity contribution in [2.24, 2.45) is 0 Å². The van der Waals surface area contributed by atoms with Crippen LogP contribution >= 0.6 is 11.3 Å². The van der Waals surface area contributed by atoms with Crippen LogP contribution in [-0.4, -0.2) is 23.5 Å². The molecule has 0 aromatic carbocycles. The maximum Gasteiger partial charge on any atom is 0.221 e. The summed E-state index contributed by atoms with van der Waals surface area (Å²) in [5.74, 6) is 0.106. The van der Waals surface area contributed by atoms with Gasteiger partial charge in [-0.15, -0.1) is 0 Å². The quantitative estimate of drug-likeness (QED) is 0.694. The number of hydrogen-bond donors (Lipinski definition) is 3. The number of rotatable bonds is 5. The summed E-state index contributed by atoms with van der Waals surface area (Å²) in [6.07, 6.45) is 4.34. The maximum absolute atomic E-state index is 11.3. The van der Waals surface area contributed by atoms with Crippen LogP contribution in [0.4, 0.5) is 10.1 Å². The normalized spacial score (nSPS) is 14.9. The number of nitrogens with two attached hydrogens (primary N) is 1. The van der Waals surface area contributed by atoms with Crippen LogP contribution in [0.5, 0.6) is 0 Å². The Labute approximate surface area is 92.1 Å². The van der Waals surface area contributed by atoms with Gasteiger partial charge >= 0.3 is 0 Å². The molecule has 0 spiro atoms. The fourth-order valence-corrected chi connectivity index (χ4v) is 1.79. The first kappa shape index (κ1) is 10.2. The van der Waals surface area contributed by atoms with Crippen molar-refractivity contribution in [2.75, 3.05) is 17.6 Å². The molecule has 82 valence electrons. The van der Waals surface area contributed by atoms with Crippen molar-refractivity contribution in [3.63, 3.8) is 0 Å². The molecule has 0 saturated heterocycles. The van der Waals surface area contributed by atoms with E-state index >= 15 is 0 Å². The topological polar surface area (TPSA) is 80.0 Å². The molecular weight excluding hydrogens is 212 g/mol. The Kier molecular flexibility index (Phi) is 3.05. The van der Waals surface area contributed by atoms with Crippen molar-refractivity contribution in [1.29, 1.82) is 0 Å². The molecule has 4 N–H and O–H groups in total. The Morgan fingerprint density at radius 1 is 1.67 bits per heavy atom. The molecule has 1 amide bonds. The van der Waals surface area contributed by atoms with Gasteiger partial charge in [-0.05, 0) is 12.8 Å². The van der Waals surface area contributed by atoms with E-state index in [-0.39, 0.29) is 5.91 Å². The van der Waals surface area contributed by atoms with E-state index < -0.39 is 0 Å². The number of aromatic nitrogens is 1. The highest BCUT2D eigenvalue weighted by atomic mass is 32.1. The monoisotopic (exact) mass is 226 g/mol. The lowest BCUT2D eigenvalue weighted by Gasteiger charge is -2.03. The summed E-state index contributed by atoms with van der Waals surface area (Å²) in [4.78, 5) is 15.3. The average Bonchev–Trinajstić information content (AvgIpc) is 2.89. The Morgan fingerprint density at radius 3 is 3.07 bits per heavy atom. The number of thiazole rings is 1. The van der Waals surface area contributed by atoms with E-state index in [9.17, 15) is 4.79 Å². The first-order chi connectivity index (χ1) is 7.24. The zero-order valence-corrected chi connectivity index (χ0v) is 9.14. The summed E-state index contributed by atoms with van der Waals surface area (Å²) in [5, 5.41) is 7.43. The minimum atomic E-state index is 0.106. The molecule has 0 bridgehead atoms. The number of carbonyl (C=O) groups excluding carboxylic acids is 1. The Bertz CT molecular complexity index is 348. The minimum Gasteiger partial charge on any atom is -0.389 e. The standard InChI is InChI=1S/C9H14N4OS/c10-7-5-12-9(15-7)11-4-3-8(14)13-6-1-2-6/h5-6H,1-4,10H2,(H,11,12)(H,13,14). The van der Waals surface area contributed by atoms with Crippen molar-refractivity contribution >= 4 is 27.4 Å². The lowest BCUT2D eigenvalue weighted by atomic mass is 10.4. The minimum absolute atomic E-state index is 0.106. The van der Waals surface area contributed by atoms with E-state index in [1.165, 1.54) is 11.3 Å². The molecule has 0 radical (unpaired) electrons. The number of amides is 1. The summed E-state index contributed by atoms with van der Waals surface area (Å²) in [5.41, 5.74) is 5.52. The number of nitrogens with zero attached hydrogens (tertiary/aromatic N) is 1. The van der Waals surface area contributed by atoms with Crippen LogP contribution in [0, 0.1) is 0 Å².